The van der Waals surface area contributed by atoms with Crippen LogP contribution >= 0.6 is 0 Å². The molecular formula is C27H27N5O. The Morgan fingerprint density at radius 1 is 0.939 bits per heavy atom. The fourth-order valence-corrected chi connectivity index (χ4v) is 4.37. The van der Waals surface area contributed by atoms with E-state index in [4.69, 9.17) is 0 Å². The van der Waals surface area contributed by atoms with Crippen molar-refractivity contribution in [1.82, 2.24) is 25.6 Å². The Kier molecular flexibility index (Phi) is 5.29. The fraction of sp³-hybridized carbons (Fsp3) is 0.259. The minimum atomic E-state index is -0.245. The predicted molar refractivity (Wildman–Crippen MR) is 131 cm³/mol. The van der Waals surface area contributed by atoms with E-state index in [0.717, 1.165) is 40.8 Å². The van der Waals surface area contributed by atoms with E-state index >= 15 is 0 Å². The number of hydrogen-bond donors (Lipinski definition) is 2. The van der Waals surface area contributed by atoms with Gasteiger partial charge in [-0.3, -0.25) is 4.79 Å². The van der Waals surface area contributed by atoms with Gasteiger partial charge in [-0.05, 0) is 65.1 Å². The number of nitrogens with zero attached hydrogens (tertiary/aromatic N) is 3. The molecule has 6 nitrogen and oxygen atoms in total. The molecule has 0 saturated carbocycles. The van der Waals surface area contributed by atoms with Crippen LogP contribution in [0.3, 0.4) is 0 Å². The highest BCUT2D eigenvalue weighted by molar-refractivity contribution is 5.83. The Morgan fingerprint density at radius 3 is 2.27 bits per heavy atom. The van der Waals surface area contributed by atoms with Crippen molar-refractivity contribution in [3.63, 3.8) is 0 Å². The van der Waals surface area contributed by atoms with Gasteiger partial charge in [-0.1, -0.05) is 74.0 Å². The average molecular weight is 438 g/mol. The molecule has 6 heteroatoms. The number of nitrogens with one attached hydrogen (secondary N) is 2. The predicted octanol–water partition coefficient (Wildman–Crippen LogP) is 5.79. The van der Waals surface area contributed by atoms with E-state index in [1.165, 1.54) is 17.6 Å². The quantitative estimate of drug-likeness (QED) is 0.423. The van der Waals surface area contributed by atoms with Gasteiger partial charge in [-0.2, -0.15) is 5.21 Å². The van der Waals surface area contributed by atoms with E-state index < -0.39 is 0 Å². The van der Waals surface area contributed by atoms with E-state index in [-0.39, 0.29) is 11.4 Å². The second kappa shape index (κ2) is 8.28. The van der Waals surface area contributed by atoms with Crippen molar-refractivity contribution >= 4 is 5.57 Å². The van der Waals surface area contributed by atoms with Crippen LogP contribution in [-0.4, -0.2) is 25.6 Å². The van der Waals surface area contributed by atoms with E-state index in [9.17, 15) is 4.79 Å². The molecule has 0 atom stereocenters. The third kappa shape index (κ3) is 4.29. The maximum atomic E-state index is 13.2. The summed E-state index contributed by atoms with van der Waals surface area (Å²) in [6.45, 7) is 6.69. The number of aromatic amines is 2. The van der Waals surface area contributed by atoms with Crippen LogP contribution in [0.2, 0.25) is 0 Å². The zero-order valence-electron chi connectivity index (χ0n) is 19.1. The first-order valence-corrected chi connectivity index (χ1v) is 11.3. The maximum Gasteiger partial charge on any atom is 0.260 e. The van der Waals surface area contributed by atoms with Crippen molar-refractivity contribution in [2.45, 2.75) is 40.0 Å². The van der Waals surface area contributed by atoms with Gasteiger partial charge >= 0.3 is 0 Å². The van der Waals surface area contributed by atoms with Crippen molar-refractivity contribution in [3.05, 3.63) is 82.2 Å². The van der Waals surface area contributed by atoms with Gasteiger partial charge in [0.15, 0.2) is 0 Å². The molecule has 2 aromatic heterocycles. The molecular weight excluding hydrogens is 410 g/mol. The number of aromatic nitrogens is 5. The Bertz CT molecular complexity index is 1360. The Balaban J connectivity index is 1.56. The first-order chi connectivity index (χ1) is 15.9. The van der Waals surface area contributed by atoms with Gasteiger partial charge in [0.25, 0.3) is 5.56 Å². The molecule has 33 heavy (non-hydrogen) atoms. The Labute approximate surface area is 192 Å². The molecule has 2 aromatic carbocycles. The lowest BCUT2D eigenvalue weighted by atomic mass is 9.77. The van der Waals surface area contributed by atoms with E-state index in [2.05, 4.69) is 69.8 Å². The molecule has 5 rings (SSSR count). The number of H-pyrrole nitrogens is 2. The van der Waals surface area contributed by atoms with Crippen molar-refractivity contribution in [3.8, 4) is 33.8 Å². The average Bonchev–Trinajstić information content (AvgIpc) is 3.34. The van der Waals surface area contributed by atoms with Crippen LogP contribution < -0.4 is 5.56 Å². The molecule has 1 aliphatic carbocycles. The molecule has 0 spiro atoms. The summed E-state index contributed by atoms with van der Waals surface area (Å²) in [6, 6.07) is 18.5. The van der Waals surface area contributed by atoms with Crippen LogP contribution in [0.4, 0.5) is 0 Å². The van der Waals surface area contributed by atoms with E-state index in [0.29, 0.717) is 11.0 Å². The SMILES string of the molecule is Cc1ccc(-c2cc(-c3ccc(C4=CCC(C)(C)CC4)cc3)[nH]c(=O)c2-c2nn[nH]n2)cc1. The fourth-order valence-electron chi connectivity index (χ4n) is 4.37. The van der Waals surface area contributed by atoms with Crippen LogP contribution in [0.25, 0.3) is 39.3 Å². The first kappa shape index (κ1) is 21.1. The summed E-state index contributed by atoms with van der Waals surface area (Å²) in [5, 5.41) is 14.2. The number of aryl methyl sites for hydroxylation is 1. The number of pyridine rings is 1. The summed E-state index contributed by atoms with van der Waals surface area (Å²) in [5.41, 5.74) is 7.77. The molecule has 2 N–H and O–H groups in total. The summed E-state index contributed by atoms with van der Waals surface area (Å²) >= 11 is 0. The van der Waals surface area contributed by atoms with Crippen molar-refractivity contribution in [2.24, 2.45) is 5.41 Å². The molecule has 0 aliphatic heterocycles. The third-order valence-corrected chi connectivity index (χ3v) is 6.50. The van der Waals surface area contributed by atoms with Gasteiger partial charge in [-0.25, -0.2) is 0 Å². The molecule has 4 aromatic rings. The third-order valence-electron chi connectivity index (χ3n) is 6.50. The highest BCUT2D eigenvalue weighted by atomic mass is 16.1. The van der Waals surface area contributed by atoms with Gasteiger partial charge in [0, 0.05) is 11.3 Å². The molecule has 2 heterocycles. The van der Waals surface area contributed by atoms with Crippen LogP contribution in [0.1, 0.15) is 44.2 Å². The second-order valence-corrected chi connectivity index (χ2v) is 9.58. The van der Waals surface area contributed by atoms with Crippen LogP contribution in [-0.2, 0) is 0 Å². The molecule has 0 fully saturated rings. The van der Waals surface area contributed by atoms with E-state index in [1.54, 1.807) is 0 Å². The van der Waals surface area contributed by atoms with Gasteiger partial charge in [0.2, 0.25) is 5.82 Å². The molecule has 0 bridgehead atoms. The van der Waals surface area contributed by atoms with Gasteiger partial charge in [-0.15, -0.1) is 10.2 Å². The molecule has 1 aliphatic rings. The summed E-state index contributed by atoms with van der Waals surface area (Å²) in [6.07, 6.45) is 5.77. The van der Waals surface area contributed by atoms with Gasteiger partial charge in [0.05, 0.1) is 5.56 Å². The lowest BCUT2D eigenvalue weighted by molar-refractivity contribution is 0.335. The van der Waals surface area contributed by atoms with Gasteiger partial charge < -0.3 is 4.98 Å². The first-order valence-electron chi connectivity index (χ1n) is 11.3. The molecule has 0 radical (unpaired) electrons. The molecule has 166 valence electrons. The van der Waals surface area contributed by atoms with Crippen LogP contribution in [0.15, 0.2) is 65.5 Å². The van der Waals surface area contributed by atoms with Crippen molar-refractivity contribution in [1.29, 1.82) is 0 Å². The standard InChI is InChI=1S/C27H27N5O/c1-17-4-6-20(7-5-17)22-16-23(28-26(33)24(22)25-29-31-32-30-25)21-10-8-18(9-11-21)19-12-14-27(2,3)15-13-19/h4-12,16H,13-15H2,1-3H3,(H,28,33)(H,29,30,31,32). The van der Waals surface area contributed by atoms with Crippen molar-refractivity contribution < 1.29 is 0 Å². The van der Waals surface area contributed by atoms with E-state index in [1.807, 2.05) is 37.3 Å². The monoisotopic (exact) mass is 437 g/mol. The highest BCUT2D eigenvalue weighted by Crippen LogP contribution is 2.38. The minimum absolute atomic E-state index is 0.245. The highest BCUT2D eigenvalue weighted by Gasteiger charge is 2.22. The summed E-state index contributed by atoms with van der Waals surface area (Å²) in [7, 11) is 0. The minimum Gasteiger partial charge on any atom is -0.321 e. The topological polar surface area (TPSA) is 87.3 Å². The number of allylic oxidation sites excluding steroid dienone is 2. The maximum absolute atomic E-state index is 13.2. The molecule has 0 unspecified atom stereocenters. The second-order valence-electron chi connectivity index (χ2n) is 9.58. The Hall–Kier alpha value is -3.80. The summed E-state index contributed by atoms with van der Waals surface area (Å²) < 4.78 is 0. The number of rotatable bonds is 4. The normalized spacial score (nSPS) is 15.3. The van der Waals surface area contributed by atoms with Crippen LogP contribution in [0.5, 0.6) is 0 Å². The number of tetrazole rings is 1. The molecule has 0 amide bonds. The smallest absolute Gasteiger partial charge is 0.260 e. The summed E-state index contributed by atoms with van der Waals surface area (Å²) in [5.74, 6) is 0.279. The van der Waals surface area contributed by atoms with Crippen molar-refractivity contribution in [2.75, 3.05) is 0 Å². The lowest BCUT2D eigenvalue weighted by Gasteiger charge is -2.28. The Morgan fingerprint density at radius 2 is 1.64 bits per heavy atom. The molecule has 0 saturated heterocycles. The van der Waals surface area contributed by atoms with Gasteiger partial charge in [0.1, 0.15) is 0 Å². The zero-order chi connectivity index (χ0) is 23.0. The summed E-state index contributed by atoms with van der Waals surface area (Å²) in [4.78, 5) is 16.2. The largest absolute Gasteiger partial charge is 0.321 e. The number of hydrogen-bond acceptors (Lipinski definition) is 4. The lowest BCUT2D eigenvalue weighted by Crippen LogP contribution is -2.14. The zero-order valence-corrected chi connectivity index (χ0v) is 19.1. The number of benzene rings is 2. The van der Waals surface area contributed by atoms with Crippen LogP contribution in [0, 0.1) is 12.3 Å².